The van der Waals surface area contributed by atoms with Crippen LogP contribution in [0.5, 0.6) is 5.88 Å². The van der Waals surface area contributed by atoms with E-state index >= 15 is 0 Å². The Morgan fingerprint density at radius 3 is 2.79 bits per heavy atom. The summed E-state index contributed by atoms with van der Waals surface area (Å²) in [6, 6.07) is 1.99. The lowest BCUT2D eigenvalue weighted by atomic mass is 10.0. The Morgan fingerprint density at radius 1 is 1.42 bits per heavy atom. The van der Waals surface area contributed by atoms with Crippen LogP contribution in [0.1, 0.15) is 33.6 Å². The number of rotatable bonds is 8. The van der Waals surface area contributed by atoms with Crippen LogP contribution in [0.15, 0.2) is 12.3 Å². The zero-order valence-electron chi connectivity index (χ0n) is 12.5. The number of nitrogens with zero attached hydrogens (tertiary/aromatic N) is 3. The zero-order valence-corrected chi connectivity index (χ0v) is 12.5. The number of ether oxygens (including phenoxy) is 1. The molecule has 0 radical (unpaired) electrons. The molecule has 5 heteroatoms. The van der Waals surface area contributed by atoms with Gasteiger partial charge in [-0.3, -0.25) is 0 Å². The van der Waals surface area contributed by atoms with E-state index in [4.69, 9.17) is 10.5 Å². The fourth-order valence-electron chi connectivity index (χ4n) is 1.58. The van der Waals surface area contributed by atoms with Crippen molar-refractivity contribution in [3.8, 4) is 5.88 Å². The van der Waals surface area contributed by atoms with Crippen molar-refractivity contribution in [2.75, 3.05) is 25.1 Å². The van der Waals surface area contributed by atoms with Crippen molar-refractivity contribution in [3.05, 3.63) is 12.3 Å². The van der Waals surface area contributed by atoms with Crippen molar-refractivity contribution in [1.29, 1.82) is 0 Å². The predicted octanol–water partition coefficient (Wildman–Crippen LogP) is 2.08. The number of nitrogens with two attached hydrogens (primary N) is 1. The van der Waals surface area contributed by atoms with Crippen LogP contribution < -0.4 is 15.4 Å². The van der Waals surface area contributed by atoms with E-state index in [1.165, 1.54) is 0 Å². The van der Waals surface area contributed by atoms with Crippen molar-refractivity contribution in [2.45, 2.75) is 39.7 Å². The van der Waals surface area contributed by atoms with Crippen LogP contribution in [0, 0.1) is 5.92 Å². The van der Waals surface area contributed by atoms with Crippen LogP contribution in [0.4, 0.5) is 5.95 Å². The van der Waals surface area contributed by atoms with Crippen LogP contribution in [0.2, 0.25) is 0 Å². The molecule has 1 rings (SSSR count). The number of hydrogen-bond acceptors (Lipinski definition) is 5. The SMILES string of the molecule is CCCOc1ccnc(N(C)CCC(N)C(C)C)n1. The summed E-state index contributed by atoms with van der Waals surface area (Å²) in [5.41, 5.74) is 6.05. The van der Waals surface area contributed by atoms with Crippen LogP contribution in [0.25, 0.3) is 0 Å². The van der Waals surface area contributed by atoms with Crippen LogP contribution in [0.3, 0.4) is 0 Å². The second-order valence-corrected chi connectivity index (χ2v) is 5.16. The molecule has 0 aliphatic heterocycles. The third kappa shape index (κ3) is 5.42. The van der Waals surface area contributed by atoms with E-state index in [0.717, 1.165) is 19.4 Å². The van der Waals surface area contributed by atoms with Gasteiger partial charge in [0.15, 0.2) is 0 Å². The number of anilines is 1. The molecule has 1 heterocycles. The highest BCUT2D eigenvalue weighted by Gasteiger charge is 2.11. The Morgan fingerprint density at radius 2 is 2.16 bits per heavy atom. The van der Waals surface area contributed by atoms with Gasteiger partial charge in [0, 0.05) is 31.9 Å². The van der Waals surface area contributed by atoms with Gasteiger partial charge in [-0.25, -0.2) is 4.98 Å². The molecular weight excluding hydrogens is 240 g/mol. The summed E-state index contributed by atoms with van der Waals surface area (Å²) in [5, 5.41) is 0. The van der Waals surface area contributed by atoms with Crippen molar-refractivity contribution in [3.63, 3.8) is 0 Å². The molecule has 0 bridgehead atoms. The predicted molar refractivity (Wildman–Crippen MR) is 78.5 cm³/mol. The summed E-state index contributed by atoms with van der Waals surface area (Å²) in [6.45, 7) is 7.87. The van der Waals surface area contributed by atoms with Gasteiger partial charge in [0.25, 0.3) is 0 Å². The Balaban J connectivity index is 2.53. The molecule has 0 spiro atoms. The second-order valence-electron chi connectivity index (χ2n) is 5.16. The first-order valence-corrected chi connectivity index (χ1v) is 6.97. The van der Waals surface area contributed by atoms with Crippen molar-refractivity contribution < 1.29 is 4.74 Å². The average molecular weight is 266 g/mol. The lowest BCUT2D eigenvalue weighted by Gasteiger charge is -2.21. The third-order valence-electron chi connectivity index (χ3n) is 3.07. The molecule has 0 aliphatic carbocycles. The molecule has 108 valence electrons. The topological polar surface area (TPSA) is 64.3 Å². The smallest absolute Gasteiger partial charge is 0.228 e. The highest BCUT2D eigenvalue weighted by molar-refractivity contribution is 5.30. The van der Waals surface area contributed by atoms with Crippen molar-refractivity contribution >= 4 is 5.95 Å². The van der Waals surface area contributed by atoms with Gasteiger partial charge in [-0.1, -0.05) is 20.8 Å². The maximum absolute atomic E-state index is 6.05. The first-order chi connectivity index (χ1) is 9.04. The third-order valence-corrected chi connectivity index (χ3v) is 3.07. The van der Waals surface area contributed by atoms with Crippen molar-refractivity contribution in [2.24, 2.45) is 11.7 Å². The normalized spacial score (nSPS) is 12.5. The minimum atomic E-state index is 0.210. The Bertz CT molecular complexity index is 370. The van der Waals surface area contributed by atoms with E-state index in [0.29, 0.717) is 24.4 Å². The van der Waals surface area contributed by atoms with Gasteiger partial charge in [-0.15, -0.1) is 0 Å². The Kier molecular flexibility index (Phi) is 6.56. The standard InChI is InChI=1S/C14H26N4O/c1-5-10-19-13-6-8-16-14(17-13)18(4)9-7-12(15)11(2)3/h6,8,11-12H,5,7,9-10,15H2,1-4H3. The van der Waals surface area contributed by atoms with Gasteiger partial charge in [-0.05, 0) is 18.8 Å². The van der Waals surface area contributed by atoms with Gasteiger partial charge in [0.05, 0.1) is 6.61 Å². The molecule has 1 aromatic rings. The zero-order chi connectivity index (χ0) is 14.3. The van der Waals surface area contributed by atoms with E-state index in [1.807, 2.05) is 11.9 Å². The fourth-order valence-corrected chi connectivity index (χ4v) is 1.58. The van der Waals surface area contributed by atoms with Crippen molar-refractivity contribution in [1.82, 2.24) is 9.97 Å². The molecule has 1 atom stereocenters. The van der Waals surface area contributed by atoms with Gasteiger partial charge in [-0.2, -0.15) is 4.98 Å². The largest absolute Gasteiger partial charge is 0.478 e. The van der Waals surface area contributed by atoms with Gasteiger partial charge in [0.2, 0.25) is 11.8 Å². The molecule has 1 aromatic heterocycles. The molecule has 0 saturated heterocycles. The maximum atomic E-state index is 6.05. The van der Waals surface area contributed by atoms with E-state index in [2.05, 4.69) is 30.7 Å². The first kappa shape index (κ1) is 15.7. The second kappa shape index (κ2) is 7.94. The summed E-state index contributed by atoms with van der Waals surface area (Å²) in [5.74, 6) is 1.81. The minimum absolute atomic E-state index is 0.210. The highest BCUT2D eigenvalue weighted by Crippen LogP contribution is 2.13. The Labute approximate surface area is 116 Å². The summed E-state index contributed by atoms with van der Waals surface area (Å²) in [4.78, 5) is 10.7. The fraction of sp³-hybridized carbons (Fsp3) is 0.714. The molecular formula is C14H26N4O. The summed E-state index contributed by atoms with van der Waals surface area (Å²) >= 11 is 0. The summed E-state index contributed by atoms with van der Waals surface area (Å²) in [7, 11) is 1.98. The first-order valence-electron chi connectivity index (χ1n) is 6.97. The van der Waals surface area contributed by atoms with E-state index < -0.39 is 0 Å². The average Bonchev–Trinajstić information content (AvgIpc) is 2.42. The summed E-state index contributed by atoms with van der Waals surface area (Å²) < 4.78 is 5.51. The molecule has 0 fully saturated rings. The molecule has 1 unspecified atom stereocenters. The van der Waals surface area contributed by atoms with Gasteiger partial charge < -0.3 is 15.4 Å². The van der Waals surface area contributed by atoms with Crippen LogP contribution in [-0.4, -0.2) is 36.2 Å². The molecule has 0 aliphatic rings. The van der Waals surface area contributed by atoms with Crippen LogP contribution in [-0.2, 0) is 0 Å². The molecule has 0 amide bonds. The summed E-state index contributed by atoms with van der Waals surface area (Å²) in [6.07, 6.45) is 3.63. The molecule has 0 aromatic carbocycles. The molecule has 0 saturated carbocycles. The van der Waals surface area contributed by atoms with E-state index in [1.54, 1.807) is 12.3 Å². The highest BCUT2D eigenvalue weighted by atomic mass is 16.5. The van der Waals surface area contributed by atoms with Gasteiger partial charge >= 0.3 is 0 Å². The lowest BCUT2D eigenvalue weighted by molar-refractivity contribution is 0.305. The number of hydrogen-bond donors (Lipinski definition) is 1. The minimum Gasteiger partial charge on any atom is -0.478 e. The number of aromatic nitrogens is 2. The monoisotopic (exact) mass is 266 g/mol. The molecule has 2 N–H and O–H groups in total. The molecule has 19 heavy (non-hydrogen) atoms. The Hall–Kier alpha value is -1.36. The van der Waals surface area contributed by atoms with E-state index in [-0.39, 0.29) is 6.04 Å². The molecule has 5 nitrogen and oxygen atoms in total. The maximum Gasteiger partial charge on any atom is 0.228 e. The quantitative estimate of drug-likeness (QED) is 0.780. The van der Waals surface area contributed by atoms with Gasteiger partial charge in [0.1, 0.15) is 0 Å². The lowest BCUT2D eigenvalue weighted by Crippen LogP contribution is -2.32. The van der Waals surface area contributed by atoms with E-state index in [9.17, 15) is 0 Å². The van der Waals surface area contributed by atoms with Crippen LogP contribution >= 0.6 is 0 Å².